The van der Waals surface area contributed by atoms with E-state index in [1.54, 1.807) is 14.2 Å². The van der Waals surface area contributed by atoms with E-state index in [-0.39, 0.29) is 0 Å². The van der Waals surface area contributed by atoms with Gasteiger partial charge in [0.2, 0.25) is 0 Å². The van der Waals surface area contributed by atoms with Crippen molar-refractivity contribution < 1.29 is 9.47 Å². The highest BCUT2D eigenvalue weighted by Crippen LogP contribution is 2.42. The van der Waals surface area contributed by atoms with Crippen LogP contribution in [-0.2, 0) is 18.4 Å². The van der Waals surface area contributed by atoms with Crippen molar-refractivity contribution in [2.24, 2.45) is 5.73 Å². The van der Waals surface area contributed by atoms with Crippen molar-refractivity contribution in [1.82, 2.24) is 0 Å². The van der Waals surface area contributed by atoms with Crippen LogP contribution >= 0.6 is 0 Å². The van der Waals surface area contributed by atoms with Gasteiger partial charge in [0.25, 0.3) is 0 Å². The lowest BCUT2D eigenvalue weighted by molar-refractivity contribution is 0.380. The van der Waals surface area contributed by atoms with Crippen LogP contribution in [0.1, 0.15) is 37.0 Å². The predicted molar refractivity (Wildman–Crippen MR) is 68.8 cm³/mol. The van der Waals surface area contributed by atoms with Crippen LogP contribution in [0.4, 0.5) is 0 Å². The van der Waals surface area contributed by atoms with Crippen molar-refractivity contribution in [2.45, 2.75) is 38.6 Å². The zero-order valence-corrected chi connectivity index (χ0v) is 11.1. The number of hydrogen-bond acceptors (Lipinski definition) is 3. The van der Waals surface area contributed by atoms with Crippen LogP contribution in [0.15, 0.2) is 6.07 Å². The van der Waals surface area contributed by atoms with E-state index in [0.29, 0.717) is 0 Å². The summed E-state index contributed by atoms with van der Waals surface area (Å²) in [5, 5.41) is 0. The Hall–Kier alpha value is -1.22. The zero-order chi connectivity index (χ0) is 12.6. The molecular weight excluding hydrogens is 214 g/mol. The summed E-state index contributed by atoms with van der Waals surface area (Å²) in [6.07, 6.45) is 3.29. The average Bonchev–Trinajstić information content (AvgIpc) is 2.74. The molecule has 2 rings (SSSR count). The number of methoxy groups -OCH3 is 2. The van der Waals surface area contributed by atoms with Crippen LogP contribution in [0.5, 0.6) is 11.5 Å². The van der Waals surface area contributed by atoms with Gasteiger partial charge < -0.3 is 15.2 Å². The Morgan fingerprint density at radius 3 is 2.29 bits per heavy atom. The monoisotopic (exact) mass is 235 g/mol. The van der Waals surface area contributed by atoms with Gasteiger partial charge in [0.1, 0.15) is 11.5 Å². The molecule has 1 aliphatic carbocycles. The number of fused-ring (bicyclic) bond motifs is 1. The third kappa shape index (κ3) is 2.00. The van der Waals surface area contributed by atoms with Crippen molar-refractivity contribution >= 4 is 0 Å². The molecule has 0 aromatic heterocycles. The fourth-order valence-electron chi connectivity index (χ4n) is 2.61. The zero-order valence-electron chi connectivity index (χ0n) is 11.1. The van der Waals surface area contributed by atoms with Crippen LogP contribution in [0.3, 0.4) is 0 Å². The van der Waals surface area contributed by atoms with E-state index in [0.717, 1.165) is 36.3 Å². The molecule has 0 fully saturated rings. The smallest absolute Gasteiger partial charge is 0.127 e. The molecular formula is C14H21NO2. The summed E-state index contributed by atoms with van der Waals surface area (Å²) in [6, 6.07) is 2.03. The highest BCUT2D eigenvalue weighted by Gasteiger charge is 2.28. The maximum absolute atomic E-state index is 6.22. The first-order chi connectivity index (χ1) is 7.99. The molecule has 17 heavy (non-hydrogen) atoms. The lowest BCUT2D eigenvalue weighted by Gasteiger charge is -2.25. The molecule has 0 aliphatic heterocycles. The lowest BCUT2D eigenvalue weighted by Crippen LogP contribution is -2.29. The topological polar surface area (TPSA) is 44.5 Å². The summed E-state index contributed by atoms with van der Waals surface area (Å²) in [7, 11) is 3.43. The van der Waals surface area contributed by atoms with Gasteiger partial charge in [-0.05, 0) is 39.2 Å². The number of benzene rings is 1. The normalized spacial score (nSPS) is 14.6. The van der Waals surface area contributed by atoms with Gasteiger partial charge in [-0.15, -0.1) is 0 Å². The Kier molecular flexibility index (Phi) is 3.04. The molecule has 2 N–H and O–H groups in total. The lowest BCUT2D eigenvalue weighted by atomic mass is 9.90. The van der Waals surface area contributed by atoms with Gasteiger partial charge in [0.15, 0.2) is 0 Å². The summed E-state index contributed by atoms with van der Waals surface area (Å²) in [5.41, 5.74) is 9.39. The second-order valence-corrected chi connectivity index (χ2v) is 5.19. The van der Waals surface area contributed by atoms with Crippen molar-refractivity contribution in [1.29, 1.82) is 0 Å². The van der Waals surface area contributed by atoms with E-state index in [2.05, 4.69) is 0 Å². The van der Waals surface area contributed by atoms with Crippen LogP contribution in [0.2, 0.25) is 0 Å². The maximum Gasteiger partial charge on any atom is 0.127 e. The molecule has 1 aromatic carbocycles. The third-order valence-electron chi connectivity index (χ3n) is 3.43. The van der Waals surface area contributed by atoms with Gasteiger partial charge in [0.05, 0.1) is 14.2 Å². The molecule has 94 valence electrons. The molecule has 0 saturated carbocycles. The highest BCUT2D eigenvalue weighted by molar-refractivity contribution is 5.57. The summed E-state index contributed by atoms with van der Waals surface area (Å²) >= 11 is 0. The Morgan fingerprint density at radius 2 is 1.76 bits per heavy atom. The van der Waals surface area contributed by atoms with Gasteiger partial charge in [-0.2, -0.15) is 0 Å². The highest BCUT2D eigenvalue weighted by atomic mass is 16.5. The summed E-state index contributed by atoms with van der Waals surface area (Å²) in [4.78, 5) is 0. The van der Waals surface area contributed by atoms with Gasteiger partial charge in [0, 0.05) is 22.2 Å². The fourth-order valence-corrected chi connectivity index (χ4v) is 2.61. The van der Waals surface area contributed by atoms with Crippen LogP contribution in [0, 0.1) is 0 Å². The average molecular weight is 235 g/mol. The summed E-state index contributed by atoms with van der Waals surface area (Å²) < 4.78 is 11.1. The second kappa shape index (κ2) is 4.22. The SMILES string of the molecule is COc1cc(C(C)(C)N)c(OC)c2c1CCC2. The Bertz CT molecular complexity index is 433. The fraction of sp³-hybridized carbons (Fsp3) is 0.571. The standard InChI is InChI=1S/C14H21NO2/c1-14(2,15)11-8-12(16-3)9-6-5-7-10(9)13(11)17-4/h8H,5-7,15H2,1-4H3. The van der Waals surface area contributed by atoms with Crippen molar-refractivity contribution in [3.63, 3.8) is 0 Å². The molecule has 0 radical (unpaired) electrons. The van der Waals surface area contributed by atoms with Gasteiger partial charge >= 0.3 is 0 Å². The molecule has 0 atom stereocenters. The Balaban J connectivity index is 2.68. The maximum atomic E-state index is 6.22. The molecule has 0 unspecified atom stereocenters. The van der Waals surface area contributed by atoms with E-state index in [4.69, 9.17) is 15.2 Å². The first-order valence-electron chi connectivity index (χ1n) is 6.05. The van der Waals surface area contributed by atoms with E-state index < -0.39 is 5.54 Å². The van der Waals surface area contributed by atoms with Gasteiger partial charge in [-0.1, -0.05) is 0 Å². The summed E-state index contributed by atoms with van der Waals surface area (Å²) in [6.45, 7) is 3.98. The minimum absolute atomic E-state index is 0.420. The Labute approximate surface area is 103 Å². The minimum Gasteiger partial charge on any atom is -0.496 e. The predicted octanol–water partition coefficient (Wildman–Crippen LogP) is 2.39. The molecule has 0 heterocycles. The van der Waals surface area contributed by atoms with Gasteiger partial charge in [-0.3, -0.25) is 0 Å². The number of ether oxygens (including phenoxy) is 2. The largest absolute Gasteiger partial charge is 0.496 e. The van der Waals surface area contributed by atoms with Crippen LogP contribution in [0.25, 0.3) is 0 Å². The summed E-state index contributed by atoms with van der Waals surface area (Å²) in [5.74, 6) is 1.90. The van der Waals surface area contributed by atoms with Crippen LogP contribution in [-0.4, -0.2) is 14.2 Å². The van der Waals surface area contributed by atoms with Crippen molar-refractivity contribution in [3.05, 3.63) is 22.8 Å². The molecule has 3 nitrogen and oxygen atoms in total. The first-order valence-corrected chi connectivity index (χ1v) is 6.05. The molecule has 1 aromatic rings. The van der Waals surface area contributed by atoms with Crippen LogP contribution < -0.4 is 15.2 Å². The number of hydrogen-bond donors (Lipinski definition) is 1. The van der Waals surface area contributed by atoms with E-state index >= 15 is 0 Å². The van der Waals surface area contributed by atoms with Crippen molar-refractivity contribution in [3.8, 4) is 11.5 Å². The number of nitrogens with two attached hydrogens (primary N) is 1. The molecule has 3 heteroatoms. The van der Waals surface area contributed by atoms with E-state index in [1.807, 2.05) is 19.9 Å². The first kappa shape index (κ1) is 12.2. The Morgan fingerprint density at radius 1 is 1.12 bits per heavy atom. The van der Waals surface area contributed by atoms with E-state index in [1.165, 1.54) is 11.1 Å². The quantitative estimate of drug-likeness (QED) is 0.875. The van der Waals surface area contributed by atoms with Gasteiger partial charge in [-0.25, -0.2) is 0 Å². The molecule has 0 saturated heterocycles. The minimum atomic E-state index is -0.420. The third-order valence-corrected chi connectivity index (χ3v) is 3.43. The molecule has 1 aliphatic rings. The molecule has 0 spiro atoms. The molecule has 0 bridgehead atoms. The van der Waals surface area contributed by atoms with Crippen molar-refractivity contribution in [2.75, 3.05) is 14.2 Å². The number of rotatable bonds is 3. The van der Waals surface area contributed by atoms with E-state index in [9.17, 15) is 0 Å². The second-order valence-electron chi connectivity index (χ2n) is 5.19. The molecule has 0 amide bonds.